The standard InChI is InChI=1S/C16H20N2O2/c1-9-4-5-11(10(2)6-9)14(17-3)8-18-15(19)12-7-13(12)16(18)20/h4-6,12-14,17H,7-8H2,1-3H3. The van der Waals surface area contributed by atoms with Crippen molar-refractivity contribution in [2.45, 2.75) is 26.3 Å². The number of likely N-dealkylation sites (tertiary alicyclic amines) is 1. The average molecular weight is 272 g/mol. The maximum atomic E-state index is 12.1. The summed E-state index contributed by atoms with van der Waals surface area (Å²) in [7, 11) is 1.87. The number of hydrogen-bond donors (Lipinski definition) is 1. The molecule has 3 rings (SSSR count). The lowest BCUT2D eigenvalue weighted by molar-refractivity contribution is -0.141. The van der Waals surface area contributed by atoms with Crippen molar-refractivity contribution in [1.29, 1.82) is 0 Å². The van der Waals surface area contributed by atoms with Gasteiger partial charge in [-0.15, -0.1) is 0 Å². The highest BCUT2D eigenvalue weighted by molar-refractivity contribution is 6.08. The van der Waals surface area contributed by atoms with Crippen LogP contribution in [0, 0.1) is 25.7 Å². The summed E-state index contributed by atoms with van der Waals surface area (Å²) in [5.41, 5.74) is 3.56. The molecule has 0 spiro atoms. The Morgan fingerprint density at radius 2 is 1.90 bits per heavy atom. The normalized spacial score (nSPS) is 25.9. The number of carbonyl (C=O) groups is 2. The molecule has 1 aliphatic carbocycles. The van der Waals surface area contributed by atoms with Crippen molar-refractivity contribution in [1.82, 2.24) is 10.2 Å². The number of nitrogens with one attached hydrogen (secondary N) is 1. The van der Waals surface area contributed by atoms with Gasteiger partial charge in [-0.25, -0.2) is 0 Å². The van der Waals surface area contributed by atoms with E-state index in [9.17, 15) is 9.59 Å². The number of carbonyl (C=O) groups excluding carboxylic acids is 2. The lowest BCUT2D eigenvalue weighted by Crippen LogP contribution is -2.39. The number of benzene rings is 1. The molecule has 1 aromatic rings. The van der Waals surface area contributed by atoms with E-state index in [1.165, 1.54) is 16.0 Å². The van der Waals surface area contributed by atoms with Crippen molar-refractivity contribution >= 4 is 11.8 Å². The fourth-order valence-corrected chi connectivity index (χ4v) is 3.17. The van der Waals surface area contributed by atoms with Crippen molar-refractivity contribution in [2.24, 2.45) is 11.8 Å². The van der Waals surface area contributed by atoms with Gasteiger partial charge in [-0.3, -0.25) is 14.5 Å². The van der Waals surface area contributed by atoms with E-state index in [2.05, 4.69) is 37.4 Å². The van der Waals surface area contributed by atoms with Crippen molar-refractivity contribution < 1.29 is 9.59 Å². The highest BCUT2D eigenvalue weighted by Crippen LogP contribution is 2.47. The first-order valence-corrected chi connectivity index (χ1v) is 7.12. The second kappa shape index (κ2) is 4.70. The minimum absolute atomic E-state index is 0.000926. The van der Waals surface area contributed by atoms with Crippen LogP contribution in [-0.2, 0) is 9.59 Å². The molecule has 3 atom stereocenters. The topological polar surface area (TPSA) is 49.4 Å². The molecule has 1 saturated carbocycles. The zero-order valence-corrected chi connectivity index (χ0v) is 12.1. The Labute approximate surface area is 119 Å². The van der Waals surface area contributed by atoms with Gasteiger partial charge in [-0.2, -0.15) is 0 Å². The van der Waals surface area contributed by atoms with Gasteiger partial charge < -0.3 is 5.32 Å². The molecule has 4 heteroatoms. The van der Waals surface area contributed by atoms with E-state index in [0.717, 1.165) is 12.0 Å². The molecular weight excluding hydrogens is 252 g/mol. The summed E-state index contributed by atoms with van der Waals surface area (Å²) in [6, 6.07) is 6.28. The summed E-state index contributed by atoms with van der Waals surface area (Å²) in [5, 5.41) is 3.23. The van der Waals surface area contributed by atoms with E-state index in [1.807, 2.05) is 7.05 Å². The molecular formula is C16H20N2O2. The molecule has 1 heterocycles. The first-order chi connectivity index (χ1) is 9.52. The second-order valence-corrected chi connectivity index (χ2v) is 5.94. The van der Waals surface area contributed by atoms with Crippen LogP contribution in [0.5, 0.6) is 0 Å². The summed E-state index contributed by atoms with van der Waals surface area (Å²) in [6.45, 7) is 4.56. The van der Waals surface area contributed by atoms with Gasteiger partial charge in [0.05, 0.1) is 17.9 Å². The van der Waals surface area contributed by atoms with E-state index < -0.39 is 0 Å². The molecule has 1 N–H and O–H groups in total. The molecule has 106 valence electrons. The molecule has 20 heavy (non-hydrogen) atoms. The van der Waals surface area contributed by atoms with Gasteiger partial charge in [-0.1, -0.05) is 23.8 Å². The Morgan fingerprint density at radius 3 is 2.45 bits per heavy atom. The lowest BCUT2D eigenvalue weighted by Gasteiger charge is -2.25. The minimum Gasteiger partial charge on any atom is -0.312 e. The number of rotatable bonds is 4. The minimum atomic E-state index is -0.0147. The number of aryl methyl sites for hydroxylation is 2. The highest BCUT2D eigenvalue weighted by atomic mass is 16.2. The van der Waals surface area contributed by atoms with E-state index in [0.29, 0.717) is 6.54 Å². The number of amides is 2. The third-order valence-electron chi connectivity index (χ3n) is 4.47. The quantitative estimate of drug-likeness (QED) is 0.846. The third-order valence-corrected chi connectivity index (χ3v) is 4.47. The number of hydrogen-bond acceptors (Lipinski definition) is 3. The van der Waals surface area contributed by atoms with Crippen LogP contribution >= 0.6 is 0 Å². The number of fused-ring (bicyclic) bond motifs is 1. The molecule has 0 radical (unpaired) electrons. The molecule has 4 nitrogen and oxygen atoms in total. The van der Waals surface area contributed by atoms with Crippen molar-refractivity contribution in [3.63, 3.8) is 0 Å². The lowest BCUT2D eigenvalue weighted by atomic mass is 9.99. The van der Waals surface area contributed by atoms with Gasteiger partial charge in [0.15, 0.2) is 0 Å². The fourth-order valence-electron chi connectivity index (χ4n) is 3.17. The van der Waals surface area contributed by atoms with Crippen LogP contribution < -0.4 is 5.32 Å². The summed E-state index contributed by atoms with van der Waals surface area (Å²) >= 11 is 0. The molecule has 1 aliphatic heterocycles. The molecule has 0 aromatic heterocycles. The SMILES string of the molecule is CNC(CN1C(=O)C2CC2C1=O)c1ccc(C)cc1C. The van der Waals surface area contributed by atoms with Gasteiger partial charge in [0.25, 0.3) is 0 Å². The Kier molecular flexibility index (Phi) is 3.13. The van der Waals surface area contributed by atoms with E-state index in [-0.39, 0.29) is 29.7 Å². The summed E-state index contributed by atoms with van der Waals surface area (Å²) in [4.78, 5) is 25.6. The van der Waals surface area contributed by atoms with Crippen LogP contribution in [0.3, 0.4) is 0 Å². The van der Waals surface area contributed by atoms with Gasteiger partial charge in [0.1, 0.15) is 0 Å². The van der Waals surface area contributed by atoms with E-state index >= 15 is 0 Å². The zero-order chi connectivity index (χ0) is 14.4. The summed E-state index contributed by atoms with van der Waals surface area (Å²) in [6.07, 6.45) is 0.766. The van der Waals surface area contributed by atoms with Crippen LogP contribution in [-0.4, -0.2) is 30.3 Å². The predicted molar refractivity (Wildman–Crippen MR) is 76.0 cm³/mol. The van der Waals surface area contributed by atoms with E-state index in [1.54, 1.807) is 0 Å². The molecule has 1 aromatic carbocycles. The first-order valence-electron chi connectivity index (χ1n) is 7.12. The number of nitrogens with zero attached hydrogens (tertiary/aromatic N) is 1. The molecule has 2 fully saturated rings. The average Bonchev–Trinajstić information content (AvgIpc) is 3.16. The Balaban J connectivity index is 1.80. The molecule has 2 aliphatic rings. The van der Waals surface area contributed by atoms with E-state index in [4.69, 9.17) is 0 Å². The highest BCUT2D eigenvalue weighted by Gasteiger charge is 2.58. The van der Waals surface area contributed by atoms with Crippen LogP contribution in [0.2, 0.25) is 0 Å². The van der Waals surface area contributed by atoms with Crippen LogP contribution in [0.1, 0.15) is 29.2 Å². The van der Waals surface area contributed by atoms with Crippen molar-refractivity contribution in [2.75, 3.05) is 13.6 Å². The largest absolute Gasteiger partial charge is 0.312 e. The fraction of sp³-hybridized carbons (Fsp3) is 0.500. The molecule has 0 bridgehead atoms. The number of likely N-dealkylation sites (N-methyl/N-ethyl adjacent to an activating group) is 1. The Morgan fingerprint density at radius 1 is 1.25 bits per heavy atom. The maximum Gasteiger partial charge on any atom is 0.233 e. The van der Waals surface area contributed by atoms with Crippen LogP contribution in [0.15, 0.2) is 18.2 Å². The molecule has 2 amide bonds. The zero-order valence-electron chi connectivity index (χ0n) is 12.1. The first kappa shape index (κ1) is 13.3. The van der Waals surface area contributed by atoms with Crippen molar-refractivity contribution in [3.8, 4) is 0 Å². The number of imide groups is 1. The van der Waals surface area contributed by atoms with Gasteiger partial charge in [-0.05, 0) is 38.4 Å². The summed E-state index contributed by atoms with van der Waals surface area (Å²) < 4.78 is 0. The predicted octanol–water partition coefficient (Wildman–Crippen LogP) is 1.57. The summed E-state index contributed by atoms with van der Waals surface area (Å²) in [5.74, 6) is 0.00766. The monoisotopic (exact) mass is 272 g/mol. The smallest absolute Gasteiger partial charge is 0.233 e. The Bertz CT molecular complexity index is 562. The molecule has 1 saturated heterocycles. The van der Waals surface area contributed by atoms with Gasteiger partial charge in [0.2, 0.25) is 11.8 Å². The molecule has 3 unspecified atom stereocenters. The van der Waals surface area contributed by atoms with Crippen LogP contribution in [0.4, 0.5) is 0 Å². The maximum absolute atomic E-state index is 12.1. The van der Waals surface area contributed by atoms with Crippen LogP contribution in [0.25, 0.3) is 0 Å². The third kappa shape index (κ3) is 2.04. The van der Waals surface area contributed by atoms with Gasteiger partial charge in [0, 0.05) is 6.54 Å². The second-order valence-electron chi connectivity index (χ2n) is 5.94. The van der Waals surface area contributed by atoms with Gasteiger partial charge >= 0.3 is 0 Å². The Hall–Kier alpha value is -1.68. The number of piperidine rings is 1. The van der Waals surface area contributed by atoms with Crippen molar-refractivity contribution in [3.05, 3.63) is 34.9 Å².